The third kappa shape index (κ3) is 3.02. The first-order chi connectivity index (χ1) is 7.38. The molecule has 1 aliphatic heterocycles. The smallest absolute Gasteiger partial charge is 0.128 e. The van der Waals surface area contributed by atoms with Crippen molar-refractivity contribution in [1.82, 2.24) is 4.98 Å². The fourth-order valence-corrected chi connectivity index (χ4v) is 2.90. The van der Waals surface area contributed by atoms with Crippen molar-refractivity contribution in [3.63, 3.8) is 0 Å². The lowest BCUT2D eigenvalue weighted by molar-refractivity contribution is 0.803. The summed E-state index contributed by atoms with van der Waals surface area (Å²) in [5, 5.41) is 7.20. The summed E-state index contributed by atoms with van der Waals surface area (Å²) in [6.45, 7) is 1.03. The third-order valence-electron chi connectivity index (χ3n) is 2.54. The van der Waals surface area contributed by atoms with E-state index in [0.29, 0.717) is 0 Å². The van der Waals surface area contributed by atoms with Gasteiger partial charge in [-0.05, 0) is 30.7 Å². The minimum absolute atomic E-state index is 0.769. The maximum atomic E-state index is 4.42. The Bertz CT molecular complexity index is 310. The van der Waals surface area contributed by atoms with Gasteiger partial charge in [-0.25, -0.2) is 4.98 Å². The van der Waals surface area contributed by atoms with Crippen molar-refractivity contribution < 1.29 is 0 Å². The van der Waals surface area contributed by atoms with Gasteiger partial charge in [-0.1, -0.05) is 6.07 Å². The number of hydrogen-bond donors (Lipinski definition) is 2. The molecule has 2 N–H and O–H groups in total. The van der Waals surface area contributed by atoms with Crippen molar-refractivity contribution in [3.8, 4) is 0 Å². The molecule has 1 aromatic heterocycles. The van der Waals surface area contributed by atoms with Gasteiger partial charge in [0, 0.05) is 18.8 Å². The van der Waals surface area contributed by atoms with Crippen LogP contribution in [0.15, 0.2) is 18.2 Å². The second-order valence-corrected chi connectivity index (χ2v) is 5.08. The standard InChI is InChI=1S/C11H17N3S/c1-12-10-5-2-6-11(14-10)13-8-9-4-3-7-15-9/h2,5-6,9H,3-4,7-8H2,1H3,(H2,12,13,14). The zero-order valence-corrected chi connectivity index (χ0v) is 9.81. The van der Waals surface area contributed by atoms with Gasteiger partial charge in [0.15, 0.2) is 0 Å². The molecule has 0 aliphatic carbocycles. The maximum Gasteiger partial charge on any atom is 0.128 e. The Kier molecular flexibility index (Phi) is 3.72. The van der Waals surface area contributed by atoms with Crippen LogP contribution in [0.2, 0.25) is 0 Å². The summed E-state index contributed by atoms with van der Waals surface area (Å²) in [5.74, 6) is 3.20. The number of thioether (sulfide) groups is 1. The molecule has 0 aromatic carbocycles. The molecular formula is C11H17N3S. The lowest BCUT2D eigenvalue weighted by Gasteiger charge is -2.11. The van der Waals surface area contributed by atoms with E-state index in [0.717, 1.165) is 23.4 Å². The van der Waals surface area contributed by atoms with Gasteiger partial charge < -0.3 is 10.6 Å². The molecule has 1 fully saturated rings. The largest absolute Gasteiger partial charge is 0.373 e. The summed E-state index contributed by atoms with van der Waals surface area (Å²) in [5.41, 5.74) is 0. The van der Waals surface area contributed by atoms with Crippen LogP contribution >= 0.6 is 11.8 Å². The monoisotopic (exact) mass is 223 g/mol. The number of nitrogens with one attached hydrogen (secondary N) is 2. The van der Waals surface area contributed by atoms with Crippen LogP contribution in [0.1, 0.15) is 12.8 Å². The Morgan fingerprint density at radius 2 is 2.33 bits per heavy atom. The summed E-state index contributed by atoms with van der Waals surface area (Å²) in [7, 11) is 1.89. The highest BCUT2D eigenvalue weighted by Gasteiger charge is 2.14. The molecule has 1 aliphatic rings. The van der Waals surface area contributed by atoms with E-state index in [4.69, 9.17) is 0 Å². The van der Waals surface area contributed by atoms with Crippen LogP contribution in [0, 0.1) is 0 Å². The van der Waals surface area contributed by atoms with E-state index in [9.17, 15) is 0 Å². The van der Waals surface area contributed by atoms with Crippen molar-refractivity contribution >= 4 is 23.4 Å². The molecule has 0 amide bonds. The highest BCUT2D eigenvalue weighted by Crippen LogP contribution is 2.26. The van der Waals surface area contributed by atoms with Crippen molar-refractivity contribution in [1.29, 1.82) is 0 Å². The molecule has 0 saturated carbocycles. The second-order valence-electron chi connectivity index (χ2n) is 3.67. The molecule has 15 heavy (non-hydrogen) atoms. The summed E-state index contributed by atoms with van der Waals surface area (Å²) in [6, 6.07) is 6.00. The molecule has 0 radical (unpaired) electrons. The van der Waals surface area contributed by atoms with E-state index in [1.807, 2.05) is 25.2 Å². The van der Waals surface area contributed by atoms with Crippen LogP contribution < -0.4 is 10.6 Å². The Morgan fingerprint density at radius 3 is 3.07 bits per heavy atom. The zero-order valence-electron chi connectivity index (χ0n) is 8.99. The van der Waals surface area contributed by atoms with Crippen molar-refractivity contribution in [2.45, 2.75) is 18.1 Å². The zero-order chi connectivity index (χ0) is 10.5. The predicted molar refractivity (Wildman–Crippen MR) is 67.8 cm³/mol. The summed E-state index contributed by atoms with van der Waals surface area (Å²) in [4.78, 5) is 4.42. The van der Waals surface area contributed by atoms with Gasteiger partial charge in [-0.15, -0.1) is 0 Å². The summed E-state index contributed by atoms with van der Waals surface area (Å²) < 4.78 is 0. The number of nitrogens with zero attached hydrogens (tertiary/aromatic N) is 1. The second kappa shape index (κ2) is 5.26. The van der Waals surface area contributed by atoms with Crippen LogP contribution in [0.5, 0.6) is 0 Å². The Balaban J connectivity index is 1.86. The molecule has 2 heterocycles. The Labute approximate surface area is 95.1 Å². The van der Waals surface area contributed by atoms with Crippen LogP contribution in [0.25, 0.3) is 0 Å². The van der Waals surface area contributed by atoms with Crippen LogP contribution in [0.4, 0.5) is 11.6 Å². The quantitative estimate of drug-likeness (QED) is 0.822. The number of pyridine rings is 1. The molecule has 2 rings (SSSR count). The minimum atomic E-state index is 0.769. The fourth-order valence-electron chi connectivity index (χ4n) is 1.70. The normalized spacial score (nSPS) is 20.2. The van der Waals surface area contributed by atoms with Gasteiger partial charge in [0.25, 0.3) is 0 Å². The number of rotatable bonds is 4. The van der Waals surface area contributed by atoms with E-state index >= 15 is 0 Å². The van der Waals surface area contributed by atoms with Gasteiger partial charge >= 0.3 is 0 Å². The molecule has 4 heteroatoms. The van der Waals surface area contributed by atoms with E-state index < -0.39 is 0 Å². The highest BCUT2D eigenvalue weighted by molar-refractivity contribution is 8.00. The number of hydrogen-bond acceptors (Lipinski definition) is 4. The van der Waals surface area contributed by atoms with Gasteiger partial charge in [0.05, 0.1) is 0 Å². The first-order valence-corrected chi connectivity index (χ1v) is 6.43. The first-order valence-electron chi connectivity index (χ1n) is 5.39. The molecule has 0 spiro atoms. The average Bonchev–Trinajstić information content (AvgIpc) is 2.79. The predicted octanol–water partition coefficient (Wildman–Crippen LogP) is 2.43. The summed E-state index contributed by atoms with van der Waals surface area (Å²) in [6.07, 6.45) is 2.70. The molecule has 1 unspecified atom stereocenters. The van der Waals surface area contributed by atoms with Crippen LogP contribution in [-0.4, -0.2) is 29.6 Å². The minimum Gasteiger partial charge on any atom is -0.373 e. The van der Waals surface area contributed by atoms with Crippen LogP contribution in [0.3, 0.4) is 0 Å². The SMILES string of the molecule is CNc1cccc(NCC2CCCS2)n1. The molecule has 1 aromatic rings. The van der Waals surface area contributed by atoms with Crippen molar-refractivity contribution in [2.75, 3.05) is 30.0 Å². The van der Waals surface area contributed by atoms with E-state index in [1.165, 1.54) is 18.6 Å². The van der Waals surface area contributed by atoms with Crippen molar-refractivity contribution in [2.24, 2.45) is 0 Å². The highest BCUT2D eigenvalue weighted by atomic mass is 32.2. The van der Waals surface area contributed by atoms with Crippen LogP contribution in [-0.2, 0) is 0 Å². The van der Waals surface area contributed by atoms with E-state index in [2.05, 4.69) is 27.4 Å². The molecule has 0 bridgehead atoms. The summed E-state index contributed by atoms with van der Waals surface area (Å²) >= 11 is 2.07. The van der Waals surface area contributed by atoms with Gasteiger partial charge in [-0.2, -0.15) is 11.8 Å². The lowest BCUT2D eigenvalue weighted by Crippen LogP contribution is -2.14. The van der Waals surface area contributed by atoms with Gasteiger partial charge in [0.2, 0.25) is 0 Å². The number of aromatic nitrogens is 1. The molecular weight excluding hydrogens is 206 g/mol. The maximum absolute atomic E-state index is 4.42. The molecule has 1 saturated heterocycles. The topological polar surface area (TPSA) is 37.0 Å². The average molecular weight is 223 g/mol. The molecule has 3 nitrogen and oxygen atoms in total. The third-order valence-corrected chi connectivity index (χ3v) is 3.94. The van der Waals surface area contributed by atoms with E-state index in [1.54, 1.807) is 0 Å². The molecule has 1 atom stereocenters. The molecule has 82 valence electrons. The first kappa shape index (κ1) is 10.6. The Morgan fingerprint density at radius 1 is 1.47 bits per heavy atom. The fraction of sp³-hybridized carbons (Fsp3) is 0.545. The van der Waals surface area contributed by atoms with E-state index in [-0.39, 0.29) is 0 Å². The van der Waals surface area contributed by atoms with Gasteiger partial charge in [0.1, 0.15) is 11.6 Å². The number of anilines is 2. The Hall–Kier alpha value is -0.900. The van der Waals surface area contributed by atoms with Crippen molar-refractivity contribution in [3.05, 3.63) is 18.2 Å². The lowest BCUT2D eigenvalue weighted by atomic mass is 10.2. The van der Waals surface area contributed by atoms with Gasteiger partial charge in [-0.3, -0.25) is 0 Å².